The topological polar surface area (TPSA) is 84.5 Å². The van der Waals surface area contributed by atoms with E-state index in [9.17, 15) is 13.2 Å². The van der Waals surface area contributed by atoms with Gasteiger partial charge in [0.2, 0.25) is 0 Å². The molecule has 2 aromatic carbocycles. The van der Waals surface area contributed by atoms with Crippen molar-refractivity contribution >= 4 is 21.6 Å². The highest BCUT2D eigenvalue weighted by Gasteiger charge is 2.18. The van der Waals surface area contributed by atoms with E-state index in [0.29, 0.717) is 11.4 Å². The quantitative estimate of drug-likeness (QED) is 0.742. The van der Waals surface area contributed by atoms with E-state index in [4.69, 9.17) is 4.74 Å². The SMILES string of the molecule is Cc1ccc(NS(=O)(=O)c2ccc(OCC(=O)NC3CCCC3)cc2)cc1C. The van der Waals surface area contributed by atoms with Crippen LogP contribution in [0, 0.1) is 13.8 Å². The lowest BCUT2D eigenvalue weighted by Gasteiger charge is -2.13. The van der Waals surface area contributed by atoms with Crippen LogP contribution in [0.15, 0.2) is 47.4 Å². The molecule has 7 heteroatoms. The van der Waals surface area contributed by atoms with Crippen molar-refractivity contribution in [2.24, 2.45) is 0 Å². The highest BCUT2D eigenvalue weighted by molar-refractivity contribution is 7.92. The molecule has 0 atom stereocenters. The monoisotopic (exact) mass is 402 g/mol. The van der Waals surface area contributed by atoms with Gasteiger partial charge in [-0.1, -0.05) is 18.9 Å². The van der Waals surface area contributed by atoms with E-state index in [-0.39, 0.29) is 23.5 Å². The van der Waals surface area contributed by atoms with Gasteiger partial charge in [0.1, 0.15) is 5.75 Å². The number of benzene rings is 2. The molecule has 3 rings (SSSR count). The summed E-state index contributed by atoms with van der Waals surface area (Å²) in [6.07, 6.45) is 4.34. The Hall–Kier alpha value is -2.54. The van der Waals surface area contributed by atoms with Crippen molar-refractivity contribution < 1.29 is 17.9 Å². The van der Waals surface area contributed by atoms with Gasteiger partial charge in [-0.15, -0.1) is 0 Å². The Morgan fingerprint density at radius 1 is 1.04 bits per heavy atom. The molecular formula is C21H26N2O4S. The maximum Gasteiger partial charge on any atom is 0.261 e. The first-order valence-electron chi connectivity index (χ1n) is 9.46. The molecule has 6 nitrogen and oxygen atoms in total. The lowest BCUT2D eigenvalue weighted by Crippen LogP contribution is -2.36. The van der Waals surface area contributed by atoms with E-state index >= 15 is 0 Å². The predicted molar refractivity (Wildman–Crippen MR) is 109 cm³/mol. The van der Waals surface area contributed by atoms with Gasteiger partial charge in [0.25, 0.3) is 15.9 Å². The molecule has 0 bridgehead atoms. The minimum atomic E-state index is -3.69. The second-order valence-electron chi connectivity index (χ2n) is 7.21. The highest BCUT2D eigenvalue weighted by atomic mass is 32.2. The number of amides is 1. The van der Waals surface area contributed by atoms with Gasteiger partial charge in [-0.3, -0.25) is 9.52 Å². The Labute approximate surface area is 166 Å². The number of anilines is 1. The van der Waals surface area contributed by atoms with Gasteiger partial charge in [0, 0.05) is 11.7 Å². The van der Waals surface area contributed by atoms with E-state index < -0.39 is 10.0 Å². The zero-order valence-corrected chi connectivity index (χ0v) is 17.0. The number of sulfonamides is 1. The van der Waals surface area contributed by atoms with E-state index in [2.05, 4.69) is 10.0 Å². The Bertz CT molecular complexity index is 933. The van der Waals surface area contributed by atoms with Crippen molar-refractivity contribution in [2.45, 2.75) is 50.5 Å². The van der Waals surface area contributed by atoms with Crippen molar-refractivity contribution in [1.29, 1.82) is 0 Å². The number of nitrogens with one attached hydrogen (secondary N) is 2. The fraction of sp³-hybridized carbons (Fsp3) is 0.381. The molecule has 0 saturated heterocycles. The molecular weight excluding hydrogens is 376 g/mol. The fourth-order valence-corrected chi connectivity index (χ4v) is 4.27. The smallest absolute Gasteiger partial charge is 0.261 e. The number of hydrogen-bond acceptors (Lipinski definition) is 4. The average molecular weight is 403 g/mol. The molecule has 28 heavy (non-hydrogen) atoms. The van der Waals surface area contributed by atoms with E-state index in [1.807, 2.05) is 19.9 Å². The first kappa shape index (κ1) is 20.2. The number of aryl methyl sites for hydroxylation is 2. The average Bonchev–Trinajstić information content (AvgIpc) is 3.16. The van der Waals surface area contributed by atoms with Crippen molar-refractivity contribution in [1.82, 2.24) is 5.32 Å². The molecule has 1 amide bonds. The number of hydrogen-bond donors (Lipinski definition) is 2. The highest BCUT2D eigenvalue weighted by Crippen LogP contribution is 2.21. The van der Waals surface area contributed by atoms with Gasteiger partial charge in [0.15, 0.2) is 6.61 Å². The van der Waals surface area contributed by atoms with Gasteiger partial charge in [-0.05, 0) is 74.2 Å². The van der Waals surface area contributed by atoms with Crippen LogP contribution in [0.2, 0.25) is 0 Å². The van der Waals surface area contributed by atoms with Gasteiger partial charge in [-0.2, -0.15) is 0 Å². The zero-order valence-electron chi connectivity index (χ0n) is 16.2. The van der Waals surface area contributed by atoms with Crippen LogP contribution in [0.25, 0.3) is 0 Å². The molecule has 1 aliphatic rings. The zero-order chi connectivity index (χ0) is 20.1. The molecule has 0 spiro atoms. The minimum absolute atomic E-state index is 0.0799. The van der Waals surface area contributed by atoms with Crippen LogP contribution in [0.5, 0.6) is 5.75 Å². The van der Waals surface area contributed by atoms with Crippen molar-refractivity contribution in [2.75, 3.05) is 11.3 Å². The molecule has 0 heterocycles. The number of ether oxygens (including phenoxy) is 1. The summed E-state index contributed by atoms with van der Waals surface area (Å²) >= 11 is 0. The standard InChI is InChI=1S/C21H26N2O4S/c1-15-7-8-18(13-16(15)2)23-28(25,26)20-11-9-19(10-12-20)27-14-21(24)22-17-5-3-4-6-17/h7-13,17,23H,3-6,14H2,1-2H3,(H,22,24). The summed E-state index contributed by atoms with van der Waals surface area (Å²) in [5, 5.41) is 2.95. The number of carbonyl (C=O) groups excluding carboxylic acids is 1. The first-order valence-corrected chi connectivity index (χ1v) is 10.9. The third-order valence-electron chi connectivity index (χ3n) is 4.98. The van der Waals surface area contributed by atoms with Crippen LogP contribution in [-0.4, -0.2) is 27.0 Å². The van der Waals surface area contributed by atoms with Gasteiger partial charge in [0.05, 0.1) is 4.90 Å². The van der Waals surface area contributed by atoms with Crippen LogP contribution in [0.1, 0.15) is 36.8 Å². The summed E-state index contributed by atoms with van der Waals surface area (Å²) < 4.78 is 33.2. The van der Waals surface area contributed by atoms with Crippen LogP contribution < -0.4 is 14.8 Å². The Morgan fingerprint density at radius 2 is 1.71 bits per heavy atom. The molecule has 2 N–H and O–H groups in total. The summed E-state index contributed by atoms with van der Waals surface area (Å²) in [5.74, 6) is 0.298. The van der Waals surface area contributed by atoms with Crippen LogP contribution in [0.4, 0.5) is 5.69 Å². The third kappa shape index (κ3) is 5.25. The van der Waals surface area contributed by atoms with Crippen LogP contribution in [0.3, 0.4) is 0 Å². The largest absolute Gasteiger partial charge is 0.484 e. The Morgan fingerprint density at radius 3 is 2.36 bits per heavy atom. The van der Waals surface area contributed by atoms with Crippen LogP contribution in [-0.2, 0) is 14.8 Å². The molecule has 1 aliphatic carbocycles. The lowest BCUT2D eigenvalue weighted by atomic mass is 10.1. The lowest BCUT2D eigenvalue weighted by molar-refractivity contribution is -0.123. The van der Waals surface area contributed by atoms with E-state index in [1.165, 1.54) is 12.1 Å². The normalized spacial score (nSPS) is 14.6. The second kappa shape index (κ2) is 8.65. The molecule has 1 saturated carbocycles. The maximum atomic E-state index is 12.6. The fourth-order valence-electron chi connectivity index (χ4n) is 3.22. The third-order valence-corrected chi connectivity index (χ3v) is 6.38. The van der Waals surface area contributed by atoms with Gasteiger partial charge >= 0.3 is 0 Å². The van der Waals surface area contributed by atoms with E-state index in [0.717, 1.165) is 36.8 Å². The Kier molecular flexibility index (Phi) is 6.24. The maximum absolute atomic E-state index is 12.6. The number of rotatable bonds is 7. The summed E-state index contributed by atoms with van der Waals surface area (Å²) in [4.78, 5) is 12.0. The van der Waals surface area contributed by atoms with Gasteiger partial charge < -0.3 is 10.1 Å². The van der Waals surface area contributed by atoms with Crippen molar-refractivity contribution in [3.8, 4) is 5.75 Å². The number of carbonyl (C=O) groups is 1. The van der Waals surface area contributed by atoms with Gasteiger partial charge in [-0.25, -0.2) is 8.42 Å². The molecule has 1 fully saturated rings. The predicted octanol–water partition coefficient (Wildman–Crippen LogP) is 3.54. The molecule has 0 aliphatic heterocycles. The van der Waals surface area contributed by atoms with Crippen LogP contribution >= 0.6 is 0 Å². The second-order valence-corrected chi connectivity index (χ2v) is 8.90. The summed E-state index contributed by atoms with van der Waals surface area (Å²) in [6.45, 7) is 3.83. The summed E-state index contributed by atoms with van der Waals surface area (Å²) in [7, 11) is -3.69. The van der Waals surface area contributed by atoms with E-state index in [1.54, 1.807) is 24.3 Å². The molecule has 2 aromatic rings. The summed E-state index contributed by atoms with van der Waals surface area (Å²) in [5.41, 5.74) is 2.63. The van der Waals surface area contributed by atoms with Crippen molar-refractivity contribution in [3.63, 3.8) is 0 Å². The van der Waals surface area contributed by atoms with Crippen molar-refractivity contribution in [3.05, 3.63) is 53.6 Å². The molecule has 150 valence electrons. The molecule has 0 aromatic heterocycles. The molecule has 0 unspecified atom stereocenters. The Balaban J connectivity index is 1.57. The summed E-state index contributed by atoms with van der Waals surface area (Å²) in [6, 6.07) is 11.7. The molecule has 0 radical (unpaired) electrons. The minimum Gasteiger partial charge on any atom is -0.484 e. The first-order chi connectivity index (χ1) is 13.3.